The molecule has 1 saturated heterocycles. The lowest BCUT2D eigenvalue weighted by atomic mass is 10.6. The van der Waals surface area contributed by atoms with Gasteiger partial charge in [0.2, 0.25) is 0 Å². The predicted octanol–water partition coefficient (Wildman–Crippen LogP) is 0.0362. The average molecular weight is 91.1 g/mol. The van der Waals surface area contributed by atoms with Crippen molar-refractivity contribution in [2.24, 2.45) is 0 Å². The Morgan fingerprint density at radius 1 is 1.80 bits per heavy atom. The smallest absolute Gasteiger partial charge is 0.0164 e. The van der Waals surface area contributed by atoms with Crippen LogP contribution in [0.4, 0.5) is 0 Å². The van der Waals surface area contributed by atoms with Gasteiger partial charge in [0.05, 0.1) is 0 Å². The summed E-state index contributed by atoms with van der Waals surface area (Å²) >= 11 is 0. The Morgan fingerprint density at radius 2 is 2.00 bits per heavy atom. The molecule has 1 rings (SSSR count). The highest BCUT2D eigenvalue weighted by atomic mass is 31.0. The SMILES string of the molecule is CC1CN1.P. The fraction of sp³-hybridized carbons (Fsp3) is 1.00. The minimum Gasteiger partial charge on any atom is -0.311 e. The van der Waals surface area contributed by atoms with Crippen molar-refractivity contribution in [2.75, 3.05) is 6.54 Å². The second-order valence-electron chi connectivity index (χ2n) is 1.31. The molecule has 0 saturated carbocycles. The lowest BCUT2D eigenvalue weighted by Gasteiger charge is -1.53. The summed E-state index contributed by atoms with van der Waals surface area (Å²) in [5, 5.41) is 3.10. The van der Waals surface area contributed by atoms with Crippen molar-refractivity contribution in [1.29, 1.82) is 0 Å². The first-order valence-corrected chi connectivity index (χ1v) is 1.63. The van der Waals surface area contributed by atoms with Crippen LogP contribution in [-0.2, 0) is 0 Å². The molecular weight excluding hydrogens is 81.0 g/mol. The highest BCUT2D eigenvalue weighted by molar-refractivity contribution is 6.92. The second kappa shape index (κ2) is 1.74. The van der Waals surface area contributed by atoms with Crippen LogP contribution in [0.1, 0.15) is 6.92 Å². The largest absolute Gasteiger partial charge is 0.311 e. The van der Waals surface area contributed by atoms with E-state index in [2.05, 4.69) is 12.2 Å². The number of hydrogen-bond donors (Lipinski definition) is 1. The van der Waals surface area contributed by atoms with Gasteiger partial charge in [-0.1, -0.05) is 0 Å². The fourth-order valence-corrected chi connectivity index (χ4v) is 0.118. The molecule has 1 N–H and O–H groups in total. The molecule has 1 aliphatic heterocycles. The van der Waals surface area contributed by atoms with Crippen LogP contribution >= 0.6 is 9.90 Å². The quantitative estimate of drug-likeness (QED) is 0.330. The fourth-order valence-electron chi connectivity index (χ4n) is 0.118. The van der Waals surface area contributed by atoms with Crippen molar-refractivity contribution in [3.05, 3.63) is 0 Å². The minimum absolute atomic E-state index is 0. The van der Waals surface area contributed by atoms with Crippen LogP contribution in [-0.4, -0.2) is 12.6 Å². The third-order valence-electron chi connectivity index (χ3n) is 0.612. The van der Waals surface area contributed by atoms with Crippen LogP contribution in [0.25, 0.3) is 0 Å². The number of hydrogen-bond acceptors (Lipinski definition) is 1. The Bertz CT molecular complexity index is 26.1. The highest BCUT2D eigenvalue weighted by Crippen LogP contribution is 1.88. The molecule has 1 aliphatic rings. The number of nitrogens with one attached hydrogen (secondary N) is 1. The summed E-state index contributed by atoms with van der Waals surface area (Å²) in [5.74, 6) is 0. The lowest BCUT2D eigenvalue weighted by molar-refractivity contribution is 1.09. The summed E-state index contributed by atoms with van der Waals surface area (Å²) in [5.41, 5.74) is 0. The van der Waals surface area contributed by atoms with Crippen LogP contribution in [0, 0.1) is 0 Å². The highest BCUT2D eigenvalue weighted by Gasteiger charge is 2.10. The molecule has 5 heavy (non-hydrogen) atoms. The normalized spacial score (nSPS) is 31.8. The molecule has 0 aromatic rings. The molecule has 0 spiro atoms. The first-order valence-electron chi connectivity index (χ1n) is 1.63. The van der Waals surface area contributed by atoms with E-state index in [9.17, 15) is 0 Å². The van der Waals surface area contributed by atoms with Gasteiger partial charge in [0.15, 0.2) is 0 Å². The van der Waals surface area contributed by atoms with Crippen LogP contribution in [0.15, 0.2) is 0 Å². The summed E-state index contributed by atoms with van der Waals surface area (Å²) in [7, 11) is 0. The van der Waals surface area contributed by atoms with E-state index in [1.54, 1.807) is 0 Å². The maximum Gasteiger partial charge on any atom is 0.0164 e. The van der Waals surface area contributed by atoms with Crippen molar-refractivity contribution in [3.8, 4) is 0 Å². The first-order chi connectivity index (χ1) is 1.89. The molecule has 1 heterocycles. The topological polar surface area (TPSA) is 21.9 Å². The van der Waals surface area contributed by atoms with Gasteiger partial charge in [-0.3, -0.25) is 0 Å². The third-order valence-corrected chi connectivity index (χ3v) is 0.612. The Morgan fingerprint density at radius 3 is 2.00 bits per heavy atom. The van der Waals surface area contributed by atoms with Gasteiger partial charge in [-0.15, -0.1) is 0 Å². The Balaban J connectivity index is 0.000000160. The molecule has 0 bridgehead atoms. The Hall–Kier alpha value is 0.390. The average Bonchev–Trinajstić information content (AvgIpc) is 1.75. The van der Waals surface area contributed by atoms with Crippen molar-refractivity contribution in [2.45, 2.75) is 13.0 Å². The summed E-state index contributed by atoms with van der Waals surface area (Å²) < 4.78 is 0. The van der Waals surface area contributed by atoms with Gasteiger partial charge in [-0.2, -0.15) is 9.90 Å². The lowest BCUT2D eigenvalue weighted by Crippen LogP contribution is -1.72. The van der Waals surface area contributed by atoms with Crippen molar-refractivity contribution >= 4 is 9.90 Å². The zero-order valence-corrected chi connectivity index (χ0v) is 4.91. The van der Waals surface area contributed by atoms with Gasteiger partial charge < -0.3 is 5.32 Å². The summed E-state index contributed by atoms with van der Waals surface area (Å²) in [6.07, 6.45) is 0. The van der Waals surface area contributed by atoms with E-state index in [1.807, 2.05) is 0 Å². The van der Waals surface area contributed by atoms with Crippen LogP contribution in [0.3, 0.4) is 0 Å². The van der Waals surface area contributed by atoms with Crippen molar-refractivity contribution in [1.82, 2.24) is 5.32 Å². The first kappa shape index (κ1) is 5.39. The monoisotopic (exact) mass is 91.1 g/mol. The molecule has 0 aliphatic carbocycles. The molecule has 2 atom stereocenters. The van der Waals surface area contributed by atoms with E-state index in [1.165, 1.54) is 6.54 Å². The molecular formula is C3H10NP. The number of rotatable bonds is 0. The minimum atomic E-state index is 0. The predicted molar refractivity (Wildman–Crippen MR) is 28.6 cm³/mol. The molecule has 32 valence electrons. The van der Waals surface area contributed by atoms with E-state index in [0.717, 1.165) is 6.04 Å². The van der Waals surface area contributed by atoms with E-state index >= 15 is 0 Å². The van der Waals surface area contributed by atoms with Gasteiger partial charge in [-0.05, 0) is 6.92 Å². The maximum absolute atomic E-state index is 3.10. The molecule has 0 amide bonds. The molecule has 1 fully saturated rings. The van der Waals surface area contributed by atoms with Gasteiger partial charge in [0.25, 0.3) is 0 Å². The molecule has 1 nitrogen and oxygen atoms in total. The summed E-state index contributed by atoms with van der Waals surface area (Å²) in [4.78, 5) is 0. The van der Waals surface area contributed by atoms with Gasteiger partial charge in [0.1, 0.15) is 0 Å². The third kappa shape index (κ3) is 2.18. The molecule has 2 heteroatoms. The van der Waals surface area contributed by atoms with E-state index in [0.29, 0.717) is 0 Å². The maximum atomic E-state index is 3.10. The zero-order valence-electron chi connectivity index (χ0n) is 3.49. The van der Waals surface area contributed by atoms with E-state index < -0.39 is 0 Å². The molecule has 0 aromatic carbocycles. The molecule has 0 aromatic heterocycles. The van der Waals surface area contributed by atoms with Gasteiger partial charge >= 0.3 is 0 Å². The van der Waals surface area contributed by atoms with Crippen molar-refractivity contribution in [3.63, 3.8) is 0 Å². The van der Waals surface area contributed by atoms with Crippen LogP contribution < -0.4 is 5.32 Å². The second-order valence-corrected chi connectivity index (χ2v) is 1.31. The Labute approximate surface area is 35.8 Å². The molecule has 2 unspecified atom stereocenters. The van der Waals surface area contributed by atoms with Crippen LogP contribution in [0.2, 0.25) is 0 Å². The Kier molecular flexibility index (Phi) is 1.87. The van der Waals surface area contributed by atoms with Gasteiger partial charge in [0, 0.05) is 12.6 Å². The van der Waals surface area contributed by atoms with E-state index in [-0.39, 0.29) is 9.90 Å². The van der Waals surface area contributed by atoms with Crippen molar-refractivity contribution < 1.29 is 0 Å². The standard InChI is InChI=1S/C3H7N.H3P/c1-3-2-4-3;/h3-4H,2H2,1H3;1H3. The van der Waals surface area contributed by atoms with Crippen LogP contribution in [0.5, 0.6) is 0 Å². The molecule has 0 radical (unpaired) electrons. The summed E-state index contributed by atoms with van der Waals surface area (Å²) in [6, 6.07) is 0.833. The zero-order chi connectivity index (χ0) is 2.99. The van der Waals surface area contributed by atoms with Gasteiger partial charge in [-0.25, -0.2) is 0 Å². The summed E-state index contributed by atoms with van der Waals surface area (Å²) in [6.45, 7) is 3.40. The van der Waals surface area contributed by atoms with E-state index in [4.69, 9.17) is 0 Å².